The zero-order valence-electron chi connectivity index (χ0n) is 16.4. The highest BCUT2D eigenvalue weighted by atomic mass is 32.2. The molecule has 4 heteroatoms. The number of rotatable bonds is 4. The Balaban J connectivity index is 1.55. The van der Waals surface area contributed by atoms with Gasteiger partial charge in [0.1, 0.15) is 0 Å². The lowest BCUT2D eigenvalue weighted by Crippen LogP contribution is -2.41. The molecule has 27 heavy (non-hydrogen) atoms. The summed E-state index contributed by atoms with van der Waals surface area (Å²) in [5, 5.41) is 2.56. The summed E-state index contributed by atoms with van der Waals surface area (Å²) in [7, 11) is -0.316. The first-order chi connectivity index (χ1) is 12.9. The second-order valence-electron chi connectivity index (χ2n) is 8.08. The third kappa shape index (κ3) is 3.66. The van der Waals surface area contributed by atoms with Crippen LogP contribution in [0.4, 0.5) is 0 Å². The highest BCUT2D eigenvalue weighted by Gasteiger charge is 2.52. The molecular formula is C23H25BO2S. The van der Waals surface area contributed by atoms with E-state index in [0.29, 0.717) is 0 Å². The van der Waals surface area contributed by atoms with E-state index in [1.54, 1.807) is 0 Å². The molecule has 1 aliphatic rings. The van der Waals surface area contributed by atoms with Crippen molar-refractivity contribution in [3.63, 3.8) is 0 Å². The first-order valence-electron chi connectivity index (χ1n) is 9.41. The zero-order valence-corrected chi connectivity index (χ0v) is 17.2. The van der Waals surface area contributed by atoms with Crippen LogP contribution in [0.2, 0.25) is 0 Å². The second kappa shape index (κ2) is 7.01. The Morgan fingerprint density at radius 3 is 2.15 bits per heavy atom. The van der Waals surface area contributed by atoms with Crippen LogP contribution in [0.15, 0.2) is 71.6 Å². The average Bonchev–Trinajstić information content (AvgIpc) is 2.87. The minimum absolute atomic E-state index is 0.316. The molecule has 0 spiro atoms. The molecule has 0 aromatic heterocycles. The standard InChI is InChI=1S/C23H25BO2S/c1-22(2)23(3,4)26-24(25-22)21-12-8-7-11-19(21)16-27-20-14-13-17-9-5-6-10-18(17)15-20/h5-15H,16H2,1-4H3. The molecule has 0 saturated carbocycles. The summed E-state index contributed by atoms with van der Waals surface area (Å²) in [5.41, 5.74) is 1.74. The largest absolute Gasteiger partial charge is 0.495 e. The van der Waals surface area contributed by atoms with Gasteiger partial charge in [0, 0.05) is 10.6 Å². The highest BCUT2D eigenvalue weighted by Crippen LogP contribution is 2.37. The fourth-order valence-corrected chi connectivity index (χ4v) is 4.24. The molecule has 3 aromatic rings. The number of benzene rings is 3. The van der Waals surface area contributed by atoms with Crippen molar-refractivity contribution >= 4 is 35.1 Å². The fourth-order valence-electron chi connectivity index (χ4n) is 3.28. The zero-order chi connectivity index (χ0) is 19.1. The van der Waals surface area contributed by atoms with Gasteiger partial charge in [-0.05, 0) is 61.6 Å². The minimum atomic E-state index is -0.323. The molecule has 0 aliphatic carbocycles. The summed E-state index contributed by atoms with van der Waals surface area (Å²) in [4.78, 5) is 1.28. The lowest BCUT2D eigenvalue weighted by atomic mass is 9.76. The number of hydrogen-bond donors (Lipinski definition) is 0. The Morgan fingerprint density at radius 2 is 1.41 bits per heavy atom. The molecule has 0 bridgehead atoms. The molecule has 0 unspecified atom stereocenters. The van der Waals surface area contributed by atoms with Crippen LogP contribution in [-0.4, -0.2) is 18.3 Å². The van der Waals surface area contributed by atoms with Crippen molar-refractivity contribution in [1.29, 1.82) is 0 Å². The third-order valence-electron chi connectivity index (χ3n) is 5.68. The van der Waals surface area contributed by atoms with Gasteiger partial charge in [-0.3, -0.25) is 0 Å². The van der Waals surface area contributed by atoms with Crippen LogP contribution in [-0.2, 0) is 15.1 Å². The van der Waals surface area contributed by atoms with Crippen LogP contribution in [0, 0.1) is 0 Å². The monoisotopic (exact) mass is 376 g/mol. The van der Waals surface area contributed by atoms with Crippen LogP contribution in [0.5, 0.6) is 0 Å². The maximum absolute atomic E-state index is 6.27. The van der Waals surface area contributed by atoms with Crippen molar-refractivity contribution in [2.45, 2.75) is 49.5 Å². The molecule has 0 N–H and O–H groups in total. The van der Waals surface area contributed by atoms with E-state index < -0.39 is 0 Å². The van der Waals surface area contributed by atoms with Crippen LogP contribution < -0.4 is 5.46 Å². The van der Waals surface area contributed by atoms with Gasteiger partial charge in [-0.1, -0.05) is 54.6 Å². The van der Waals surface area contributed by atoms with Gasteiger partial charge in [-0.15, -0.1) is 11.8 Å². The molecule has 2 nitrogen and oxygen atoms in total. The maximum atomic E-state index is 6.27. The number of thioether (sulfide) groups is 1. The smallest absolute Gasteiger partial charge is 0.399 e. The first kappa shape index (κ1) is 18.6. The molecule has 138 valence electrons. The van der Waals surface area contributed by atoms with E-state index in [2.05, 4.69) is 94.4 Å². The van der Waals surface area contributed by atoms with E-state index in [4.69, 9.17) is 9.31 Å². The van der Waals surface area contributed by atoms with Gasteiger partial charge in [0.25, 0.3) is 0 Å². The van der Waals surface area contributed by atoms with Gasteiger partial charge in [0.15, 0.2) is 0 Å². The van der Waals surface area contributed by atoms with Crippen molar-refractivity contribution in [3.05, 3.63) is 72.3 Å². The molecule has 0 atom stereocenters. The Hall–Kier alpha value is -1.75. The van der Waals surface area contributed by atoms with Crippen molar-refractivity contribution in [2.75, 3.05) is 0 Å². The van der Waals surface area contributed by atoms with E-state index >= 15 is 0 Å². The van der Waals surface area contributed by atoms with E-state index in [9.17, 15) is 0 Å². The third-order valence-corrected chi connectivity index (χ3v) is 6.72. The van der Waals surface area contributed by atoms with Crippen molar-refractivity contribution in [3.8, 4) is 0 Å². The molecule has 0 radical (unpaired) electrons. The van der Waals surface area contributed by atoms with E-state index in [-0.39, 0.29) is 18.3 Å². The normalized spacial score (nSPS) is 18.1. The molecule has 4 rings (SSSR count). The summed E-state index contributed by atoms with van der Waals surface area (Å²) >= 11 is 1.85. The molecule has 1 aliphatic heterocycles. The summed E-state index contributed by atoms with van der Waals surface area (Å²) < 4.78 is 12.5. The minimum Gasteiger partial charge on any atom is -0.399 e. The van der Waals surface area contributed by atoms with E-state index in [0.717, 1.165) is 11.2 Å². The van der Waals surface area contributed by atoms with Gasteiger partial charge in [-0.2, -0.15) is 0 Å². The second-order valence-corrected chi connectivity index (χ2v) is 9.13. The highest BCUT2D eigenvalue weighted by molar-refractivity contribution is 7.98. The van der Waals surface area contributed by atoms with Crippen molar-refractivity contribution in [1.82, 2.24) is 0 Å². The predicted octanol–water partition coefficient (Wildman–Crippen LogP) is 5.43. The maximum Gasteiger partial charge on any atom is 0.495 e. The Morgan fingerprint density at radius 1 is 0.778 bits per heavy atom. The Labute approximate surface area is 166 Å². The van der Waals surface area contributed by atoms with Crippen LogP contribution in [0.3, 0.4) is 0 Å². The van der Waals surface area contributed by atoms with Crippen molar-refractivity contribution < 1.29 is 9.31 Å². The Kier molecular flexibility index (Phi) is 4.83. The Bertz CT molecular complexity index is 951. The average molecular weight is 376 g/mol. The quantitative estimate of drug-likeness (QED) is 0.447. The van der Waals surface area contributed by atoms with Gasteiger partial charge >= 0.3 is 7.12 Å². The topological polar surface area (TPSA) is 18.5 Å². The van der Waals surface area contributed by atoms with Gasteiger partial charge < -0.3 is 9.31 Å². The van der Waals surface area contributed by atoms with Gasteiger partial charge in [-0.25, -0.2) is 0 Å². The number of fused-ring (bicyclic) bond motifs is 1. The predicted molar refractivity (Wildman–Crippen MR) is 116 cm³/mol. The van der Waals surface area contributed by atoms with Gasteiger partial charge in [0.2, 0.25) is 0 Å². The number of hydrogen-bond acceptors (Lipinski definition) is 3. The summed E-state index contributed by atoms with van der Waals surface area (Å²) in [6.07, 6.45) is 0. The van der Waals surface area contributed by atoms with E-state index in [1.807, 2.05) is 11.8 Å². The molecular weight excluding hydrogens is 351 g/mol. The lowest BCUT2D eigenvalue weighted by molar-refractivity contribution is 0.00578. The molecule has 3 aromatic carbocycles. The SMILES string of the molecule is CC1(C)OB(c2ccccc2CSc2ccc3ccccc3c2)OC1(C)C. The summed E-state index contributed by atoms with van der Waals surface area (Å²) in [6.45, 7) is 8.39. The molecule has 0 amide bonds. The van der Waals surface area contributed by atoms with E-state index in [1.165, 1.54) is 21.2 Å². The fraction of sp³-hybridized carbons (Fsp3) is 0.304. The van der Waals surface area contributed by atoms with Crippen molar-refractivity contribution in [2.24, 2.45) is 0 Å². The van der Waals surface area contributed by atoms with Gasteiger partial charge in [0.05, 0.1) is 11.2 Å². The molecule has 1 fully saturated rings. The first-order valence-corrected chi connectivity index (χ1v) is 10.4. The summed E-state index contributed by atoms with van der Waals surface area (Å²) in [6, 6.07) is 23.6. The lowest BCUT2D eigenvalue weighted by Gasteiger charge is -2.32. The van der Waals surface area contributed by atoms with Crippen LogP contribution in [0.1, 0.15) is 33.3 Å². The van der Waals surface area contributed by atoms with Crippen LogP contribution >= 0.6 is 11.8 Å². The van der Waals surface area contributed by atoms with Crippen LogP contribution in [0.25, 0.3) is 10.8 Å². The summed E-state index contributed by atoms with van der Waals surface area (Å²) in [5.74, 6) is 0.887. The molecule has 1 saturated heterocycles. The molecule has 1 heterocycles.